The Kier molecular flexibility index (Phi) is 3.54. The number of benzene rings is 1. The van der Waals surface area contributed by atoms with Gasteiger partial charge in [0.1, 0.15) is 0 Å². The molecule has 1 saturated heterocycles. The molecule has 0 bridgehead atoms. The number of carbonyl (C=O) groups excluding carboxylic acids is 2. The largest absolute Gasteiger partial charge is 0.378 e. The molecule has 90 valence electrons. The molecule has 17 heavy (non-hydrogen) atoms. The Morgan fingerprint density at radius 1 is 1.18 bits per heavy atom. The molecule has 1 aliphatic rings. The van der Waals surface area contributed by atoms with E-state index in [0.717, 1.165) is 5.56 Å². The van der Waals surface area contributed by atoms with Gasteiger partial charge in [-0.2, -0.15) is 0 Å². The maximum absolute atomic E-state index is 12.0. The SMILES string of the molecule is Cc1ccccc1C(=O)C(=O)N1CCOCC1. The fourth-order valence-corrected chi connectivity index (χ4v) is 1.85. The highest BCUT2D eigenvalue weighted by molar-refractivity contribution is 6.43. The van der Waals surface area contributed by atoms with Crippen molar-refractivity contribution in [2.45, 2.75) is 6.92 Å². The molecule has 1 heterocycles. The van der Waals surface area contributed by atoms with Crippen LogP contribution in [0.25, 0.3) is 0 Å². The lowest BCUT2D eigenvalue weighted by Gasteiger charge is -2.26. The lowest BCUT2D eigenvalue weighted by Crippen LogP contribution is -2.44. The number of hydrogen-bond donors (Lipinski definition) is 0. The molecule has 0 aliphatic carbocycles. The van der Waals surface area contributed by atoms with Crippen LogP contribution in [0.2, 0.25) is 0 Å². The van der Waals surface area contributed by atoms with Crippen molar-refractivity contribution in [2.75, 3.05) is 26.3 Å². The first-order valence-corrected chi connectivity index (χ1v) is 5.67. The molecule has 1 aromatic rings. The maximum atomic E-state index is 12.0. The Labute approximate surface area is 100 Å². The first-order chi connectivity index (χ1) is 8.20. The van der Waals surface area contributed by atoms with Crippen LogP contribution in [0.15, 0.2) is 24.3 Å². The molecular formula is C13H15NO3. The molecule has 0 radical (unpaired) electrons. The number of rotatable bonds is 2. The van der Waals surface area contributed by atoms with E-state index >= 15 is 0 Å². The summed E-state index contributed by atoms with van der Waals surface area (Å²) in [6.07, 6.45) is 0. The molecule has 0 unspecified atom stereocenters. The number of carbonyl (C=O) groups is 2. The van der Waals surface area contributed by atoms with Crippen molar-refractivity contribution < 1.29 is 14.3 Å². The van der Waals surface area contributed by atoms with Crippen molar-refractivity contribution in [1.29, 1.82) is 0 Å². The zero-order chi connectivity index (χ0) is 12.3. The van der Waals surface area contributed by atoms with Crippen LogP contribution in [0.3, 0.4) is 0 Å². The van der Waals surface area contributed by atoms with Gasteiger partial charge in [0.15, 0.2) is 0 Å². The molecule has 1 aliphatic heterocycles. The van der Waals surface area contributed by atoms with Crippen molar-refractivity contribution in [1.82, 2.24) is 4.90 Å². The van der Waals surface area contributed by atoms with Gasteiger partial charge in [-0.25, -0.2) is 0 Å². The van der Waals surface area contributed by atoms with Gasteiger partial charge in [0.05, 0.1) is 13.2 Å². The minimum Gasteiger partial charge on any atom is -0.378 e. The van der Waals surface area contributed by atoms with Crippen molar-refractivity contribution >= 4 is 11.7 Å². The third-order valence-corrected chi connectivity index (χ3v) is 2.88. The van der Waals surface area contributed by atoms with Gasteiger partial charge in [-0.15, -0.1) is 0 Å². The number of aryl methyl sites for hydroxylation is 1. The number of morpholine rings is 1. The van der Waals surface area contributed by atoms with E-state index < -0.39 is 11.7 Å². The summed E-state index contributed by atoms with van der Waals surface area (Å²) in [5.41, 5.74) is 1.32. The average Bonchev–Trinajstić information content (AvgIpc) is 2.39. The molecule has 1 aromatic carbocycles. The van der Waals surface area contributed by atoms with Crippen LogP contribution in [0, 0.1) is 6.92 Å². The molecule has 0 atom stereocenters. The molecule has 0 aromatic heterocycles. The molecule has 2 rings (SSSR count). The summed E-state index contributed by atoms with van der Waals surface area (Å²) in [4.78, 5) is 25.6. The van der Waals surface area contributed by atoms with Gasteiger partial charge in [0.25, 0.3) is 11.7 Å². The topological polar surface area (TPSA) is 46.6 Å². The van der Waals surface area contributed by atoms with Crippen LogP contribution < -0.4 is 0 Å². The Balaban J connectivity index is 2.14. The summed E-state index contributed by atoms with van der Waals surface area (Å²) in [6, 6.07) is 7.15. The van der Waals surface area contributed by atoms with Crippen LogP contribution in [0.1, 0.15) is 15.9 Å². The van der Waals surface area contributed by atoms with Gasteiger partial charge < -0.3 is 9.64 Å². The lowest BCUT2D eigenvalue weighted by molar-refractivity contribution is -0.130. The van der Waals surface area contributed by atoms with Crippen LogP contribution in [-0.2, 0) is 9.53 Å². The first-order valence-electron chi connectivity index (χ1n) is 5.67. The minimum absolute atomic E-state index is 0.426. The Morgan fingerprint density at radius 3 is 2.47 bits per heavy atom. The highest BCUT2D eigenvalue weighted by Gasteiger charge is 2.25. The zero-order valence-electron chi connectivity index (χ0n) is 9.81. The van der Waals surface area contributed by atoms with Gasteiger partial charge in [-0.05, 0) is 12.5 Å². The molecule has 4 heteroatoms. The summed E-state index contributed by atoms with van der Waals surface area (Å²) in [5, 5.41) is 0. The fourth-order valence-electron chi connectivity index (χ4n) is 1.85. The van der Waals surface area contributed by atoms with Crippen LogP contribution in [0.4, 0.5) is 0 Å². The van der Waals surface area contributed by atoms with E-state index in [1.807, 2.05) is 19.1 Å². The highest BCUT2D eigenvalue weighted by atomic mass is 16.5. The van der Waals surface area contributed by atoms with Crippen LogP contribution >= 0.6 is 0 Å². The number of ketones is 1. The van der Waals surface area contributed by atoms with E-state index in [2.05, 4.69) is 0 Å². The predicted molar refractivity (Wildman–Crippen MR) is 62.9 cm³/mol. The number of Topliss-reactive ketones (excluding diaryl/α,β-unsaturated/α-hetero) is 1. The van der Waals surface area contributed by atoms with Crippen molar-refractivity contribution in [3.8, 4) is 0 Å². The highest BCUT2D eigenvalue weighted by Crippen LogP contribution is 2.10. The Hall–Kier alpha value is -1.68. The van der Waals surface area contributed by atoms with E-state index in [0.29, 0.717) is 31.9 Å². The van der Waals surface area contributed by atoms with Crippen molar-refractivity contribution in [3.63, 3.8) is 0 Å². The standard InChI is InChI=1S/C13H15NO3/c1-10-4-2-3-5-11(10)12(15)13(16)14-6-8-17-9-7-14/h2-5H,6-9H2,1H3. The molecule has 0 N–H and O–H groups in total. The monoisotopic (exact) mass is 233 g/mol. The Morgan fingerprint density at radius 2 is 1.82 bits per heavy atom. The minimum atomic E-state index is -0.428. The third kappa shape index (κ3) is 2.53. The molecule has 0 spiro atoms. The second-order valence-electron chi connectivity index (χ2n) is 4.05. The second kappa shape index (κ2) is 5.10. The fraction of sp³-hybridized carbons (Fsp3) is 0.385. The van der Waals surface area contributed by atoms with Gasteiger partial charge in [-0.3, -0.25) is 9.59 Å². The first kappa shape index (κ1) is 11.8. The van der Waals surface area contributed by atoms with Gasteiger partial charge >= 0.3 is 0 Å². The van der Waals surface area contributed by atoms with Gasteiger partial charge in [0.2, 0.25) is 0 Å². The van der Waals surface area contributed by atoms with Gasteiger partial charge in [-0.1, -0.05) is 24.3 Å². The quantitative estimate of drug-likeness (QED) is 0.566. The van der Waals surface area contributed by atoms with E-state index in [1.165, 1.54) is 0 Å². The Bertz CT molecular complexity index is 436. The van der Waals surface area contributed by atoms with E-state index in [1.54, 1.807) is 17.0 Å². The second-order valence-corrected chi connectivity index (χ2v) is 4.05. The van der Waals surface area contributed by atoms with E-state index in [9.17, 15) is 9.59 Å². The van der Waals surface area contributed by atoms with E-state index in [4.69, 9.17) is 4.74 Å². The number of hydrogen-bond acceptors (Lipinski definition) is 3. The number of ether oxygens (including phenoxy) is 1. The molecular weight excluding hydrogens is 218 g/mol. The third-order valence-electron chi connectivity index (χ3n) is 2.88. The molecule has 1 fully saturated rings. The van der Waals surface area contributed by atoms with Crippen LogP contribution in [0.5, 0.6) is 0 Å². The summed E-state index contributed by atoms with van der Waals surface area (Å²) in [6.45, 7) is 3.84. The maximum Gasteiger partial charge on any atom is 0.295 e. The normalized spacial score (nSPS) is 15.7. The zero-order valence-corrected chi connectivity index (χ0v) is 9.81. The lowest BCUT2D eigenvalue weighted by atomic mass is 10.0. The van der Waals surface area contributed by atoms with E-state index in [-0.39, 0.29) is 0 Å². The number of amides is 1. The van der Waals surface area contributed by atoms with Crippen LogP contribution in [-0.4, -0.2) is 42.9 Å². The summed E-state index contributed by atoms with van der Waals surface area (Å²) in [7, 11) is 0. The van der Waals surface area contributed by atoms with Crippen molar-refractivity contribution in [3.05, 3.63) is 35.4 Å². The van der Waals surface area contributed by atoms with Crippen molar-refractivity contribution in [2.24, 2.45) is 0 Å². The summed E-state index contributed by atoms with van der Waals surface area (Å²) < 4.78 is 5.15. The average molecular weight is 233 g/mol. The number of nitrogens with zero attached hydrogens (tertiary/aromatic N) is 1. The summed E-state index contributed by atoms with van der Waals surface area (Å²) >= 11 is 0. The molecule has 1 amide bonds. The predicted octanol–water partition coefficient (Wildman–Crippen LogP) is 1.04. The smallest absolute Gasteiger partial charge is 0.295 e. The van der Waals surface area contributed by atoms with Gasteiger partial charge in [0, 0.05) is 18.7 Å². The molecule has 4 nitrogen and oxygen atoms in total. The molecule has 0 saturated carbocycles. The summed E-state index contributed by atoms with van der Waals surface area (Å²) in [5.74, 6) is -0.854.